The predicted octanol–water partition coefficient (Wildman–Crippen LogP) is 5.35. The zero-order valence-corrected chi connectivity index (χ0v) is 13.0. The van der Waals surface area contributed by atoms with E-state index in [1.165, 1.54) is 19.3 Å². The van der Waals surface area contributed by atoms with Gasteiger partial charge in [-0.3, -0.25) is 0 Å². The van der Waals surface area contributed by atoms with Gasteiger partial charge in [-0.15, -0.1) is 0 Å². The Morgan fingerprint density at radius 3 is 2.78 bits per heavy atom. The number of rotatable bonds is 3. The lowest BCUT2D eigenvalue weighted by atomic mass is 9.73. The maximum atomic E-state index is 10.6. The molecule has 1 saturated carbocycles. The van der Waals surface area contributed by atoms with Crippen LogP contribution in [0.2, 0.25) is 5.02 Å². The number of aliphatic hydroxyl groups excluding tert-OH is 1. The largest absolute Gasteiger partial charge is 0.388 e. The van der Waals surface area contributed by atoms with Crippen LogP contribution in [0.5, 0.6) is 0 Å². The van der Waals surface area contributed by atoms with Crippen LogP contribution >= 0.6 is 27.5 Å². The second kappa shape index (κ2) is 6.40. The minimum absolute atomic E-state index is 0.358. The van der Waals surface area contributed by atoms with Gasteiger partial charge in [0.05, 0.1) is 11.1 Å². The SMILES string of the molecule is CCC1CCCCC1C(O)c1ccc(Cl)c(Br)c1. The van der Waals surface area contributed by atoms with Gasteiger partial charge in [0.25, 0.3) is 0 Å². The van der Waals surface area contributed by atoms with Gasteiger partial charge in [-0.2, -0.15) is 0 Å². The van der Waals surface area contributed by atoms with E-state index in [0.29, 0.717) is 16.9 Å². The third-order valence-electron chi connectivity index (χ3n) is 4.18. The van der Waals surface area contributed by atoms with Gasteiger partial charge in [0.1, 0.15) is 0 Å². The molecule has 0 bridgehead atoms. The summed E-state index contributed by atoms with van der Waals surface area (Å²) in [4.78, 5) is 0. The molecule has 18 heavy (non-hydrogen) atoms. The monoisotopic (exact) mass is 330 g/mol. The lowest BCUT2D eigenvalue weighted by Crippen LogP contribution is -2.25. The van der Waals surface area contributed by atoms with E-state index in [2.05, 4.69) is 22.9 Å². The van der Waals surface area contributed by atoms with Crippen molar-refractivity contribution in [3.05, 3.63) is 33.3 Å². The Balaban J connectivity index is 2.18. The van der Waals surface area contributed by atoms with Crippen LogP contribution in [0.4, 0.5) is 0 Å². The maximum absolute atomic E-state index is 10.6. The molecule has 3 atom stereocenters. The molecule has 0 saturated heterocycles. The maximum Gasteiger partial charge on any atom is 0.0821 e. The van der Waals surface area contributed by atoms with Crippen molar-refractivity contribution in [3.8, 4) is 0 Å². The van der Waals surface area contributed by atoms with Crippen LogP contribution in [-0.2, 0) is 0 Å². The number of aliphatic hydroxyl groups is 1. The highest BCUT2D eigenvalue weighted by Crippen LogP contribution is 2.41. The summed E-state index contributed by atoms with van der Waals surface area (Å²) in [6, 6.07) is 5.75. The van der Waals surface area contributed by atoms with Crippen molar-refractivity contribution in [1.82, 2.24) is 0 Å². The first-order valence-electron chi connectivity index (χ1n) is 6.76. The highest BCUT2D eigenvalue weighted by molar-refractivity contribution is 9.10. The van der Waals surface area contributed by atoms with Gasteiger partial charge in [-0.1, -0.05) is 50.3 Å². The second-order valence-electron chi connectivity index (χ2n) is 5.24. The summed E-state index contributed by atoms with van der Waals surface area (Å²) in [6.45, 7) is 2.23. The highest BCUT2D eigenvalue weighted by atomic mass is 79.9. The summed E-state index contributed by atoms with van der Waals surface area (Å²) < 4.78 is 0.865. The smallest absolute Gasteiger partial charge is 0.0821 e. The van der Waals surface area contributed by atoms with E-state index in [4.69, 9.17) is 11.6 Å². The molecule has 0 radical (unpaired) electrons. The molecule has 1 aliphatic rings. The van der Waals surface area contributed by atoms with Gasteiger partial charge in [0.2, 0.25) is 0 Å². The molecular formula is C15H20BrClO. The molecule has 3 unspecified atom stereocenters. The van der Waals surface area contributed by atoms with Crippen LogP contribution in [-0.4, -0.2) is 5.11 Å². The van der Waals surface area contributed by atoms with Crippen LogP contribution in [0, 0.1) is 11.8 Å². The van der Waals surface area contributed by atoms with Crippen molar-refractivity contribution < 1.29 is 5.11 Å². The normalized spacial score (nSPS) is 26.0. The van der Waals surface area contributed by atoms with Crippen molar-refractivity contribution in [2.24, 2.45) is 11.8 Å². The van der Waals surface area contributed by atoms with Gasteiger partial charge in [0.15, 0.2) is 0 Å². The van der Waals surface area contributed by atoms with E-state index < -0.39 is 0 Å². The van der Waals surface area contributed by atoms with E-state index in [-0.39, 0.29) is 6.10 Å². The minimum Gasteiger partial charge on any atom is -0.388 e. The molecule has 1 fully saturated rings. The summed E-state index contributed by atoms with van der Waals surface area (Å²) in [5.74, 6) is 1.06. The molecule has 1 N–H and O–H groups in total. The molecule has 1 aliphatic carbocycles. The molecule has 1 nitrogen and oxygen atoms in total. The van der Waals surface area contributed by atoms with E-state index in [1.54, 1.807) is 0 Å². The van der Waals surface area contributed by atoms with E-state index in [1.807, 2.05) is 18.2 Å². The summed E-state index contributed by atoms with van der Waals surface area (Å²) in [7, 11) is 0. The van der Waals surface area contributed by atoms with Crippen LogP contribution < -0.4 is 0 Å². The first-order valence-corrected chi connectivity index (χ1v) is 7.93. The van der Waals surface area contributed by atoms with Crippen molar-refractivity contribution in [1.29, 1.82) is 0 Å². The molecule has 1 aromatic carbocycles. The average Bonchev–Trinajstić information content (AvgIpc) is 2.41. The number of hydrogen-bond acceptors (Lipinski definition) is 1. The van der Waals surface area contributed by atoms with E-state index in [0.717, 1.165) is 22.9 Å². The van der Waals surface area contributed by atoms with Gasteiger partial charge < -0.3 is 5.11 Å². The number of benzene rings is 1. The fourth-order valence-electron chi connectivity index (χ4n) is 3.10. The van der Waals surface area contributed by atoms with Gasteiger partial charge in [-0.05, 0) is 51.9 Å². The zero-order chi connectivity index (χ0) is 13.1. The van der Waals surface area contributed by atoms with Crippen molar-refractivity contribution in [2.45, 2.75) is 45.1 Å². The molecule has 3 heteroatoms. The van der Waals surface area contributed by atoms with Crippen molar-refractivity contribution in [2.75, 3.05) is 0 Å². The van der Waals surface area contributed by atoms with E-state index >= 15 is 0 Å². The lowest BCUT2D eigenvalue weighted by molar-refractivity contribution is 0.0451. The van der Waals surface area contributed by atoms with E-state index in [9.17, 15) is 5.11 Å². The Bertz CT molecular complexity index is 407. The standard InChI is InChI=1S/C15H20BrClO/c1-2-10-5-3-4-6-12(10)15(18)11-7-8-14(17)13(16)9-11/h7-10,12,15,18H,2-6H2,1H3. The topological polar surface area (TPSA) is 20.2 Å². The van der Waals surface area contributed by atoms with Gasteiger partial charge >= 0.3 is 0 Å². The number of hydrogen-bond donors (Lipinski definition) is 1. The Kier molecular flexibility index (Phi) is 5.11. The molecule has 100 valence electrons. The summed E-state index contributed by atoms with van der Waals surface area (Å²) in [5.41, 5.74) is 0.983. The Labute approximate surface area is 123 Å². The van der Waals surface area contributed by atoms with Crippen molar-refractivity contribution >= 4 is 27.5 Å². The molecule has 1 aromatic rings. The fourth-order valence-corrected chi connectivity index (χ4v) is 3.62. The van der Waals surface area contributed by atoms with Crippen LogP contribution in [0.1, 0.15) is 50.7 Å². The molecule has 2 rings (SSSR count). The molecular weight excluding hydrogens is 312 g/mol. The number of halogens is 2. The van der Waals surface area contributed by atoms with Gasteiger partial charge in [-0.25, -0.2) is 0 Å². The first-order chi connectivity index (χ1) is 8.63. The van der Waals surface area contributed by atoms with Crippen molar-refractivity contribution in [3.63, 3.8) is 0 Å². The Morgan fingerprint density at radius 2 is 2.11 bits per heavy atom. The molecule has 0 amide bonds. The minimum atomic E-state index is -0.358. The fraction of sp³-hybridized carbons (Fsp3) is 0.600. The zero-order valence-electron chi connectivity index (χ0n) is 10.7. The molecule has 0 aliphatic heterocycles. The lowest BCUT2D eigenvalue weighted by Gasteiger charge is -2.34. The van der Waals surface area contributed by atoms with Crippen LogP contribution in [0.25, 0.3) is 0 Å². The molecule has 0 aromatic heterocycles. The first kappa shape index (κ1) is 14.4. The van der Waals surface area contributed by atoms with Gasteiger partial charge in [0, 0.05) is 4.47 Å². The summed E-state index contributed by atoms with van der Waals surface area (Å²) in [6.07, 6.45) is 5.76. The third kappa shape index (κ3) is 3.09. The summed E-state index contributed by atoms with van der Waals surface area (Å²) >= 11 is 9.43. The highest BCUT2D eigenvalue weighted by Gasteiger charge is 2.30. The molecule has 0 spiro atoms. The van der Waals surface area contributed by atoms with Crippen LogP contribution in [0.3, 0.4) is 0 Å². The Hall–Kier alpha value is -0.0500. The molecule has 0 heterocycles. The Morgan fingerprint density at radius 1 is 1.39 bits per heavy atom. The summed E-state index contributed by atoms with van der Waals surface area (Å²) in [5, 5.41) is 11.3. The van der Waals surface area contributed by atoms with Crippen LogP contribution in [0.15, 0.2) is 22.7 Å². The quantitative estimate of drug-likeness (QED) is 0.791. The second-order valence-corrected chi connectivity index (χ2v) is 6.50. The predicted molar refractivity (Wildman–Crippen MR) is 79.9 cm³/mol. The third-order valence-corrected chi connectivity index (χ3v) is 5.40. The average molecular weight is 332 g/mol.